The normalized spacial score (nSPS) is 22.6. The lowest BCUT2D eigenvalue weighted by atomic mass is 10.0. The van der Waals surface area contributed by atoms with E-state index < -0.39 is 0 Å². The van der Waals surface area contributed by atoms with Crippen LogP contribution < -0.4 is 4.90 Å². The van der Waals surface area contributed by atoms with Crippen LogP contribution in [0.4, 0.5) is 5.69 Å². The lowest BCUT2D eigenvalue weighted by Crippen LogP contribution is -2.53. The van der Waals surface area contributed by atoms with Crippen LogP contribution >= 0.6 is 0 Å². The van der Waals surface area contributed by atoms with Crippen LogP contribution in [0.2, 0.25) is 0 Å². The largest absolute Gasteiger partial charge is 0.369 e. The van der Waals surface area contributed by atoms with Gasteiger partial charge in [-0.3, -0.25) is 9.88 Å². The van der Waals surface area contributed by atoms with Gasteiger partial charge in [0.1, 0.15) is 0 Å². The number of anilines is 1. The van der Waals surface area contributed by atoms with Gasteiger partial charge in [0, 0.05) is 50.3 Å². The van der Waals surface area contributed by atoms with Crippen molar-refractivity contribution in [2.24, 2.45) is 0 Å². The molecule has 0 bridgehead atoms. The van der Waals surface area contributed by atoms with Gasteiger partial charge in [0.2, 0.25) is 0 Å². The molecule has 2 fully saturated rings. The van der Waals surface area contributed by atoms with E-state index in [1.807, 2.05) is 12.4 Å². The molecular weight excluding hydrogens is 260 g/mol. The molecule has 2 aliphatic heterocycles. The van der Waals surface area contributed by atoms with Gasteiger partial charge in [-0.1, -0.05) is 6.92 Å². The van der Waals surface area contributed by atoms with Gasteiger partial charge in [0.15, 0.2) is 0 Å². The fourth-order valence-electron chi connectivity index (χ4n) is 3.72. The Morgan fingerprint density at radius 1 is 1.00 bits per heavy atom. The summed E-state index contributed by atoms with van der Waals surface area (Å²) in [5.74, 6) is 0. The van der Waals surface area contributed by atoms with Crippen LogP contribution in [-0.4, -0.2) is 66.6 Å². The van der Waals surface area contributed by atoms with Crippen molar-refractivity contribution in [2.75, 3.05) is 50.7 Å². The molecule has 2 saturated heterocycles. The second kappa shape index (κ2) is 7.23. The number of hydrogen-bond donors (Lipinski definition) is 0. The third-order valence-electron chi connectivity index (χ3n) is 4.96. The molecule has 1 aromatic rings. The van der Waals surface area contributed by atoms with Gasteiger partial charge in [-0.15, -0.1) is 0 Å². The fraction of sp³-hybridized carbons (Fsp3) is 0.706. The first-order chi connectivity index (χ1) is 10.4. The van der Waals surface area contributed by atoms with Gasteiger partial charge >= 0.3 is 0 Å². The Morgan fingerprint density at radius 2 is 1.67 bits per heavy atom. The van der Waals surface area contributed by atoms with Gasteiger partial charge in [0.05, 0.1) is 0 Å². The van der Waals surface area contributed by atoms with Crippen molar-refractivity contribution >= 4 is 5.69 Å². The molecule has 21 heavy (non-hydrogen) atoms. The first kappa shape index (κ1) is 14.8. The lowest BCUT2D eigenvalue weighted by Gasteiger charge is -2.43. The molecule has 0 unspecified atom stereocenters. The molecule has 3 heterocycles. The maximum absolute atomic E-state index is 4.11. The van der Waals surface area contributed by atoms with E-state index in [9.17, 15) is 0 Å². The van der Waals surface area contributed by atoms with E-state index in [0.717, 1.165) is 19.1 Å². The third-order valence-corrected chi connectivity index (χ3v) is 4.96. The quantitative estimate of drug-likeness (QED) is 0.846. The highest BCUT2D eigenvalue weighted by Gasteiger charge is 2.27. The molecular formula is C17H28N4. The summed E-state index contributed by atoms with van der Waals surface area (Å²) >= 11 is 0. The Balaban J connectivity index is 1.46. The smallest absolute Gasteiger partial charge is 0.0397 e. The fourth-order valence-corrected chi connectivity index (χ4v) is 3.72. The van der Waals surface area contributed by atoms with Gasteiger partial charge in [0.25, 0.3) is 0 Å². The van der Waals surface area contributed by atoms with Crippen molar-refractivity contribution < 1.29 is 0 Å². The van der Waals surface area contributed by atoms with Crippen molar-refractivity contribution in [3.8, 4) is 0 Å². The summed E-state index contributed by atoms with van der Waals surface area (Å²) < 4.78 is 0. The molecule has 0 radical (unpaired) electrons. The number of piperazine rings is 1. The number of nitrogens with zero attached hydrogens (tertiary/aromatic N) is 4. The van der Waals surface area contributed by atoms with Gasteiger partial charge in [-0.25, -0.2) is 0 Å². The molecule has 116 valence electrons. The summed E-state index contributed by atoms with van der Waals surface area (Å²) in [4.78, 5) is 12.0. The van der Waals surface area contributed by atoms with E-state index in [-0.39, 0.29) is 0 Å². The van der Waals surface area contributed by atoms with Crippen LogP contribution in [0.1, 0.15) is 26.2 Å². The Hall–Kier alpha value is -1.13. The third kappa shape index (κ3) is 3.74. The zero-order valence-electron chi connectivity index (χ0n) is 13.2. The molecule has 1 aromatic heterocycles. The Labute approximate surface area is 128 Å². The minimum absolute atomic E-state index is 0.817. The molecule has 0 amide bonds. The van der Waals surface area contributed by atoms with E-state index in [4.69, 9.17) is 0 Å². The molecule has 4 heteroatoms. The minimum atomic E-state index is 0.817. The van der Waals surface area contributed by atoms with Crippen molar-refractivity contribution in [3.63, 3.8) is 0 Å². The van der Waals surface area contributed by atoms with Crippen LogP contribution in [0.5, 0.6) is 0 Å². The van der Waals surface area contributed by atoms with E-state index in [0.29, 0.717) is 0 Å². The second-order valence-corrected chi connectivity index (χ2v) is 6.30. The standard InChI is InChI=1S/C17H28N4/c1-2-9-19-10-5-17(6-11-19)21-14-12-20(13-15-21)16-3-7-18-8-4-16/h3-4,7-8,17H,2,5-6,9-15H2,1H3. The highest BCUT2D eigenvalue weighted by molar-refractivity contribution is 5.44. The van der Waals surface area contributed by atoms with Crippen molar-refractivity contribution in [1.29, 1.82) is 0 Å². The molecule has 0 N–H and O–H groups in total. The predicted octanol–water partition coefficient (Wildman–Crippen LogP) is 2.08. The molecule has 0 spiro atoms. The zero-order chi connectivity index (χ0) is 14.5. The Morgan fingerprint density at radius 3 is 2.29 bits per heavy atom. The van der Waals surface area contributed by atoms with E-state index >= 15 is 0 Å². The highest BCUT2D eigenvalue weighted by Crippen LogP contribution is 2.21. The molecule has 0 atom stereocenters. The number of pyridine rings is 1. The molecule has 0 saturated carbocycles. The Bertz CT molecular complexity index is 406. The topological polar surface area (TPSA) is 22.6 Å². The summed E-state index contributed by atoms with van der Waals surface area (Å²) in [6.07, 6.45) is 7.79. The van der Waals surface area contributed by atoms with E-state index in [2.05, 4.69) is 38.7 Å². The minimum Gasteiger partial charge on any atom is -0.369 e. The monoisotopic (exact) mass is 288 g/mol. The summed E-state index contributed by atoms with van der Waals surface area (Å²) in [5.41, 5.74) is 1.32. The van der Waals surface area contributed by atoms with Crippen LogP contribution in [-0.2, 0) is 0 Å². The summed E-state index contributed by atoms with van der Waals surface area (Å²) in [6, 6.07) is 5.07. The number of hydrogen-bond acceptors (Lipinski definition) is 4. The number of likely N-dealkylation sites (tertiary alicyclic amines) is 1. The molecule has 0 aromatic carbocycles. The number of rotatable bonds is 4. The van der Waals surface area contributed by atoms with Gasteiger partial charge in [-0.05, 0) is 51.0 Å². The molecule has 4 nitrogen and oxygen atoms in total. The molecule has 2 aliphatic rings. The van der Waals surface area contributed by atoms with Crippen LogP contribution in [0.25, 0.3) is 0 Å². The van der Waals surface area contributed by atoms with Crippen LogP contribution in [0.3, 0.4) is 0 Å². The van der Waals surface area contributed by atoms with Crippen molar-refractivity contribution in [1.82, 2.24) is 14.8 Å². The second-order valence-electron chi connectivity index (χ2n) is 6.30. The first-order valence-corrected chi connectivity index (χ1v) is 8.48. The van der Waals surface area contributed by atoms with Crippen molar-refractivity contribution in [3.05, 3.63) is 24.5 Å². The first-order valence-electron chi connectivity index (χ1n) is 8.48. The maximum atomic E-state index is 4.11. The highest BCUT2D eigenvalue weighted by atomic mass is 15.3. The Kier molecular flexibility index (Phi) is 5.09. The average Bonchev–Trinajstić information content (AvgIpc) is 2.57. The number of aromatic nitrogens is 1. The van der Waals surface area contributed by atoms with E-state index in [1.54, 1.807) is 0 Å². The SMILES string of the molecule is CCCN1CCC(N2CCN(c3ccncc3)CC2)CC1. The van der Waals surface area contributed by atoms with Gasteiger partial charge in [-0.2, -0.15) is 0 Å². The maximum Gasteiger partial charge on any atom is 0.0397 e. The zero-order valence-corrected chi connectivity index (χ0v) is 13.2. The summed E-state index contributed by atoms with van der Waals surface area (Å²) in [5, 5.41) is 0. The van der Waals surface area contributed by atoms with E-state index in [1.165, 1.54) is 57.7 Å². The average molecular weight is 288 g/mol. The van der Waals surface area contributed by atoms with Crippen molar-refractivity contribution in [2.45, 2.75) is 32.2 Å². The lowest BCUT2D eigenvalue weighted by molar-refractivity contribution is 0.103. The summed E-state index contributed by atoms with van der Waals surface area (Å²) in [6.45, 7) is 10.9. The predicted molar refractivity (Wildman–Crippen MR) is 87.8 cm³/mol. The van der Waals surface area contributed by atoms with Crippen LogP contribution in [0, 0.1) is 0 Å². The van der Waals surface area contributed by atoms with Gasteiger partial charge < -0.3 is 9.80 Å². The summed E-state index contributed by atoms with van der Waals surface area (Å²) in [7, 11) is 0. The molecule has 0 aliphatic carbocycles. The number of piperidine rings is 1. The molecule has 3 rings (SSSR count). The van der Waals surface area contributed by atoms with Crippen LogP contribution in [0.15, 0.2) is 24.5 Å².